The molecule has 0 aliphatic rings. The third-order valence-electron chi connectivity index (χ3n) is 2.37. The maximum atomic E-state index is 5.50. The van der Waals surface area contributed by atoms with E-state index in [0.717, 1.165) is 6.42 Å². The highest BCUT2D eigenvalue weighted by Gasteiger charge is 2.09. The Morgan fingerprint density at radius 3 is 2.84 bits per heavy atom. The van der Waals surface area contributed by atoms with Gasteiger partial charge in [-0.25, -0.2) is 10.5 Å². The molecule has 2 aromatic heterocycles. The van der Waals surface area contributed by atoms with Crippen LogP contribution >= 0.6 is 0 Å². The summed E-state index contributed by atoms with van der Waals surface area (Å²) in [7, 11) is 0. The zero-order valence-electron chi connectivity index (χ0n) is 10.9. The lowest BCUT2D eigenvalue weighted by molar-refractivity contribution is 0.267. The molecule has 0 aliphatic heterocycles. The first kappa shape index (κ1) is 13.2. The molecule has 2 rings (SSSR count). The van der Waals surface area contributed by atoms with E-state index in [1.54, 1.807) is 18.5 Å². The van der Waals surface area contributed by atoms with Crippen molar-refractivity contribution in [2.75, 3.05) is 12.0 Å². The van der Waals surface area contributed by atoms with Crippen molar-refractivity contribution in [1.29, 1.82) is 0 Å². The summed E-state index contributed by atoms with van der Waals surface area (Å²) in [4.78, 5) is 12.3. The van der Waals surface area contributed by atoms with Crippen LogP contribution in [0.5, 0.6) is 6.01 Å². The predicted molar refractivity (Wildman–Crippen MR) is 69.7 cm³/mol. The topological polar surface area (TPSA) is 104 Å². The van der Waals surface area contributed by atoms with E-state index >= 15 is 0 Å². The van der Waals surface area contributed by atoms with E-state index in [0.29, 0.717) is 18.5 Å². The Morgan fingerprint density at radius 1 is 1.37 bits per heavy atom. The molecular weight excluding hydrogens is 246 g/mol. The zero-order chi connectivity index (χ0) is 13.7. The molecule has 0 spiro atoms. The molecule has 0 saturated carbocycles. The highest BCUT2D eigenvalue weighted by molar-refractivity contribution is 5.28. The molecule has 102 valence electrons. The summed E-state index contributed by atoms with van der Waals surface area (Å²) < 4.78 is 7.01. The van der Waals surface area contributed by atoms with Crippen molar-refractivity contribution in [2.45, 2.75) is 20.3 Å². The molecule has 0 bridgehead atoms. The SMILES string of the molecule is CC(C)CCOc1nc(NN)nc(-n2cccn2)n1. The van der Waals surface area contributed by atoms with Crippen molar-refractivity contribution in [3.8, 4) is 12.0 Å². The van der Waals surface area contributed by atoms with Crippen LogP contribution in [0.15, 0.2) is 18.5 Å². The molecule has 2 heterocycles. The Morgan fingerprint density at radius 2 is 2.21 bits per heavy atom. The van der Waals surface area contributed by atoms with E-state index in [9.17, 15) is 0 Å². The van der Waals surface area contributed by atoms with Gasteiger partial charge in [0.05, 0.1) is 6.61 Å². The van der Waals surface area contributed by atoms with Crippen molar-refractivity contribution in [3.05, 3.63) is 18.5 Å². The summed E-state index contributed by atoms with van der Waals surface area (Å²) in [6, 6.07) is 2.01. The molecule has 2 aromatic rings. The number of nitrogens with one attached hydrogen (secondary N) is 1. The monoisotopic (exact) mass is 263 g/mol. The minimum Gasteiger partial charge on any atom is -0.463 e. The van der Waals surface area contributed by atoms with Crippen molar-refractivity contribution >= 4 is 5.95 Å². The summed E-state index contributed by atoms with van der Waals surface area (Å²) in [5.41, 5.74) is 2.39. The minimum atomic E-state index is 0.231. The molecule has 0 unspecified atom stereocenters. The van der Waals surface area contributed by atoms with Gasteiger partial charge in [-0.15, -0.1) is 0 Å². The smallest absolute Gasteiger partial charge is 0.323 e. The lowest BCUT2D eigenvalue weighted by Crippen LogP contribution is -2.15. The lowest BCUT2D eigenvalue weighted by Gasteiger charge is -2.08. The van der Waals surface area contributed by atoms with Gasteiger partial charge in [-0.2, -0.15) is 20.1 Å². The van der Waals surface area contributed by atoms with Gasteiger partial charge in [-0.05, 0) is 18.4 Å². The molecule has 3 N–H and O–H groups in total. The highest BCUT2D eigenvalue weighted by atomic mass is 16.5. The van der Waals surface area contributed by atoms with Crippen LogP contribution in [0.4, 0.5) is 5.95 Å². The Hall–Kier alpha value is -2.22. The van der Waals surface area contributed by atoms with Crippen LogP contribution in [0.25, 0.3) is 5.95 Å². The number of aromatic nitrogens is 5. The van der Waals surface area contributed by atoms with Gasteiger partial charge < -0.3 is 4.74 Å². The summed E-state index contributed by atoms with van der Waals surface area (Å²) in [6.07, 6.45) is 4.29. The average Bonchev–Trinajstić information content (AvgIpc) is 2.92. The normalized spacial score (nSPS) is 10.7. The fourth-order valence-electron chi connectivity index (χ4n) is 1.35. The number of nitrogen functional groups attached to an aromatic ring is 1. The first-order valence-corrected chi connectivity index (χ1v) is 6.04. The molecule has 0 amide bonds. The summed E-state index contributed by atoms with van der Waals surface area (Å²) >= 11 is 0. The molecule has 19 heavy (non-hydrogen) atoms. The van der Waals surface area contributed by atoms with E-state index in [1.165, 1.54) is 4.68 Å². The van der Waals surface area contributed by atoms with Crippen LogP contribution in [-0.4, -0.2) is 31.3 Å². The summed E-state index contributed by atoms with van der Waals surface area (Å²) in [5.74, 6) is 6.48. The summed E-state index contributed by atoms with van der Waals surface area (Å²) in [6.45, 7) is 4.79. The van der Waals surface area contributed by atoms with E-state index in [4.69, 9.17) is 10.6 Å². The van der Waals surface area contributed by atoms with Crippen molar-refractivity contribution in [2.24, 2.45) is 11.8 Å². The van der Waals surface area contributed by atoms with Gasteiger partial charge in [0.1, 0.15) is 0 Å². The maximum absolute atomic E-state index is 5.50. The Kier molecular flexibility index (Phi) is 4.24. The number of hydrogen-bond donors (Lipinski definition) is 2. The van der Waals surface area contributed by atoms with Crippen LogP contribution in [0.3, 0.4) is 0 Å². The maximum Gasteiger partial charge on any atom is 0.323 e. The highest BCUT2D eigenvalue weighted by Crippen LogP contribution is 2.10. The number of nitrogens with zero attached hydrogens (tertiary/aromatic N) is 5. The quantitative estimate of drug-likeness (QED) is 0.586. The molecule has 8 nitrogen and oxygen atoms in total. The van der Waals surface area contributed by atoms with Crippen molar-refractivity contribution in [3.63, 3.8) is 0 Å². The molecule has 0 atom stereocenters. The molecule has 0 saturated heterocycles. The standard InChI is InChI=1S/C11H17N7O/c1-8(2)4-7-19-11-15-9(17-12)14-10(16-11)18-6-3-5-13-18/h3,5-6,8H,4,7,12H2,1-2H3,(H,14,15,16,17). The fourth-order valence-corrected chi connectivity index (χ4v) is 1.35. The Labute approximate surface area is 111 Å². The second kappa shape index (κ2) is 6.10. The number of rotatable bonds is 6. The van der Waals surface area contributed by atoms with Crippen LogP contribution in [0.1, 0.15) is 20.3 Å². The van der Waals surface area contributed by atoms with Gasteiger partial charge in [-0.3, -0.25) is 5.43 Å². The lowest BCUT2D eigenvalue weighted by atomic mass is 10.1. The van der Waals surface area contributed by atoms with Crippen LogP contribution in [0.2, 0.25) is 0 Å². The van der Waals surface area contributed by atoms with E-state index in [-0.39, 0.29) is 12.0 Å². The van der Waals surface area contributed by atoms with Gasteiger partial charge in [0.25, 0.3) is 5.95 Å². The van der Waals surface area contributed by atoms with Crippen molar-refractivity contribution in [1.82, 2.24) is 24.7 Å². The summed E-state index contributed by atoms with van der Waals surface area (Å²) in [5, 5.41) is 4.05. The number of hydrogen-bond acceptors (Lipinski definition) is 7. The first-order chi connectivity index (χ1) is 9.19. The fraction of sp³-hybridized carbons (Fsp3) is 0.455. The Balaban J connectivity index is 2.16. The molecule has 0 fully saturated rings. The van der Waals surface area contributed by atoms with Crippen LogP contribution < -0.4 is 16.0 Å². The Bertz CT molecular complexity index is 512. The number of hydrazine groups is 1. The first-order valence-electron chi connectivity index (χ1n) is 6.04. The van der Waals surface area contributed by atoms with E-state index in [2.05, 4.69) is 39.3 Å². The van der Waals surface area contributed by atoms with Gasteiger partial charge in [0.15, 0.2) is 0 Å². The van der Waals surface area contributed by atoms with Crippen LogP contribution in [-0.2, 0) is 0 Å². The van der Waals surface area contributed by atoms with Gasteiger partial charge >= 0.3 is 6.01 Å². The second-order valence-corrected chi connectivity index (χ2v) is 4.37. The number of anilines is 1. The van der Waals surface area contributed by atoms with E-state index < -0.39 is 0 Å². The van der Waals surface area contributed by atoms with Gasteiger partial charge in [-0.1, -0.05) is 13.8 Å². The van der Waals surface area contributed by atoms with Crippen molar-refractivity contribution < 1.29 is 4.74 Å². The molecule has 0 aliphatic carbocycles. The molecule has 0 aromatic carbocycles. The predicted octanol–water partition coefficient (Wildman–Crippen LogP) is 0.768. The molecular formula is C11H17N7O. The second-order valence-electron chi connectivity index (χ2n) is 4.37. The molecule has 8 heteroatoms. The average molecular weight is 263 g/mol. The van der Waals surface area contributed by atoms with Gasteiger partial charge in [0, 0.05) is 12.4 Å². The third kappa shape index (κ3) is 3.62. The third-order valence-corrected chi connectivity index (χ3v) is 2.37. The number of ether oxygens (including phenoxy) is 1. The van der Waals surface area contributed by atoms with Gasteiger partial charge in [0.2, 0.25) is 5.95 Å². The van der Waals surface area contributed by atoms with Crippen LogP contribution in [0, 0.1) is 5.92 Å². The largest absolute Gasteiger partial charge is 0.463 e. The molecule has 0 radical (unpaired) electrons. The number of nitrogens with two attached hydrogens (primary N) is 1. The minimum absolute atomic E-state index is 0.231. The zero-order valence-corrected chi connectivity index (χ0v) is 10.9. The van der Waals surface area contributed by atoms with E-state index in [1.807, 2.05) is 0 Å².